The van der Waals surface area contributed by atoms with Gasteiger partial charge in [0.15, 0.2) is 0 Å². The van der Waals surface area contributed by atoms with E-state index in [0.717, 1.165) is 45.1 Å². The van der Waals surface area contributed by atoms with Crippen LogP contribution in [0.4, 0.5) is 0 Å². The number of hydrogen-bond donors (Lipinski definition) is 3. The smallest absolute Gasteiger partial charge is 0.305 e. The Hall–Kier alpha value is -1.10. The number of carbonyl (C=O) groups excluding carboxylic acids is 1. The van der Waals surface area contributed by atoms with Crippen molar-refractivity contribution in [2.24, 2.45) is 0 Å². The second-order valence-electron chi connectivity index (χ2n) is 5.20. The van der Waals surface area contributed by atoms with E-state index < -0.39 is 11.5 Å². The van der Waals surface area contributed by atoms with Crippen molar-refractivity contribution in [3.05, 3.63) is 0 Å². The number of amides is 1. The zero-order valence-corrected chi connectivity index (χ0v) is 10.00. The summed E-state index contributed by atoms with van der Waals surface area (Å²) in [7, 11) is 0. The highest BCUT2D eigenvalue weighted by Gasteiger charge is 2.39. The van der Waals surface area contributed by atoms with Crippen LogP contribution >= 0.6 is 0 Å². The average Bonchev–Trinajstić information content (AvgIpc) is 2.86. The molecule has 0 bridgehead atoms. The second kappa shape index (κ2) is 5.04. The van der Waals surface area contributed by atoms with Crippen molar-refractivity contribution < 1.29 is 14.7 Å². The van der Waals surface area contributed by atoms with Gasteiger partial charge in [-0.25, -0.2) is 0 Å². The van der Waals surface area contributed by atoms with Crippen LogP contribution in [0.25, 0.3) is 0 Å². The Bertz CT molecular complexity index is 305. The van der Waals surface area contributed by atoms with Crippen LogP contribution < -0.4 is 10.6 Å². The Morgan fingerprint density at radius 2 is 2.00 bits per heavy atom. The van der Waals surface area contributed by atoms with Gasteiger partial charge in [0.1, 0.15) is 0 Å². The molecular formula is C12H20N2O3. The van der Waals surface area contributed by atoms with E-state index in [0.29, 0.717) is 0 Å². The fraction of sp³-hybridized carbons (Fsp3) is 0.833. The molecule has 96 valence electrons. The third-order valence-electron chi connectivity index (χ3n) is 3.82. The highest BCUT2D eigenvalue weighted by molar-refractivity contribution is 5.83. The van der Waals surface area contributed by atoms with Crippen molar-refractivity contribution in [1.82, 2.24) is 10.6 Å². The quantitative estimate of drug-likeness (QED) is 0.674. The second-order valence-corrected chi connectivity index (χ2v) is 5.20. The number of rotatable bonds is 4. The van der Waals surface area contributed by atoms with Crippen molar-refractivity contribution in [3.8, 4) is 0 Å². The summed E-state index contributed by atoms with van der Waals surface area (Å²) >= 11 is 0. The summed E-state index contributed by atoms with van der Waals surface area (Å²) in [4.78, 5) is 22.9. The van der Waals surface area contributed by atoms with E-state index in [9.17, 15) is 9.59 Å². The Kier molecular flexibility index (Phi) is 3.66. The molecule has 1 amide bonds. The van der Waals surface area contributed by atoms with Crippen LogP contribution in [0, 0.1) is 0 Å². The molecule has 1 aliphatic heterocycles. The Labute approximate surface area is 101 Å². The molecule has 1 saturated heterocycles. The van der Waals surface area contributed by atoms with Gasteiger partial charge in [-0.3, -0.25) is 9.59 Å². The Morgan fingerprint density at radius 1 is 1.29 bits per heavy atom. The van der Waals surface area contributed by atoms with Crippen molar-refractivity contribution in [2.45, 2.75) is 56.5 Å². The van der Waals surface area contributed by atoms with Gasteiger partial charge in [-0.15, -0.1) is 0 Å². The molecule has 1 atom stereocenters. The molecule has 17 heavy (non-hydrogen) atoms. The van der Waals surface area contributed by atoms with E-state index in [2.05, 4.69) is 10.6 Å². The topological polar surface area (TPSA) is 78.4 Å². The lowest BCUT2D eigenvalue weighted by molar-refractivity contribution is -0.139. The predicted octanol–water partition coefficient (Wildman–Crippen LogP) is 0.642. The molecule has 1 heterocycles. The van der Waals surface area contributed by atoms with Crippen LogP contribution in [-0.2, 0) is 9.59 Å². The minimum absolute atomic E-state index is 0.0225. The number of hydrogen-bond acceptors (Lipinski definition) is 3. The molecule has 1 saturated carbocycles. The van der Waals surface area contributed by atoms with E-state index in [1.165, 1.54) is 0 Å². The first kappa shape index (κ1) is 12.4. The van der Waals surface area contributed by atoms with Gasteiger partial charge in [-0.05, 0) is 32.2 Å². The van der Waals surface area contributed by atoms with Crippen molar-refractivity contribution in [1.29, 1.82) is 0 Å². The molecule has 3 N–H and O–H groups in total. The fourth-order valence-corrected chi connectivity index (χ4v) is 2.94. The van der Waals surface area contributed by atoms with Gasteiger partial charge in [-0.2, -0.15) is 0 Å². The molecule has 0 aromatic carbocycles. The van der Waals surface area contributed by atoms with Crippen LogP contribution in [-0.4, -0.2) is 35.1 Å². The summed E-state index contributed by atoms with van der Waals surface area (Å²) in [5.74, 6) is -0.850. The third-order valence-corrected chi connectivity index (χ3v) is 3.82. The SMILES string of the molecule is O=C(O)CC1(NC(=O)[C@H]2CCCN2)CCCC1. The third kappa shape index (κ3) is 2.97. The first-order chi connectivity index (χ1) is 8.11. The van der Waals surface area contributed by atoms with E-state index in [1.54, 1.807) is 0 Å². The molecule has 0 spiro atoms. The molecule has 0 radical (unpaired) electrons. The minimum Gasteiger partial charge on any atom is -0.481 e. The first-order valence-electron chi connectivity index (χ1n) is 6.39. The summed E-state index contributed by atoms with van der Waals surface area (Å²) in [6.07, 6.45) is 5.51. The normalized spacial score (nSPS) is 26.9. The van der Waals surface area contributed by atoms with Crippen molar-refractivity contribution in [3.63, 3.8) is 0 Å². The van der Waals surface area contributed by atoms with Gasteiger partial charge in [0.2, 0.25) is 5.91 Å². The van der Waals surface area contributed by atoms with Crippen molar-refractivity contribution >= 4 is 11.9 Å². The van der Waals surface area contributed by atoms with Crippen LogP contribution in [0.5, 0.6) is 0 Å². The fourth-order valence-electron chi connectivity index (χ4n) is 2.94. The van der Waals surface area contributed by atoms with Crippen LogP contribution in [0.15, 0.2) is 0 Å². The number of nitrogens with one attached hydrogen (secondary N) is 2. The number of aliphatic carboxylic acids is 1. The summed E-state index contributed by atoms with van der Waals surface area (Å²) < 4.78 is 0. The number of carbonyl (C=O) groups is 2. The van der Waals surface area contributed by atoms with Crippen LogP contribution in [0.1, 0.15) is 44.9 Å². The maximum atomic E-state index is 12.0. The maximum absolute atomic E-state index is 12.0. The van der Waals surface area contributed by atoms with Gasteiger partial charge >= 0.3 is 5.97 Å². The summed E-state index contributed by atoms with van der Waals surface area (Å²) in [5, 5.41) is 15.1. The minimum atomic E-state index is -0.827. The van der Waals surface area contributed by atoms with E-state index in [4.69, 9.17) is 5.11 Å². The predicted molar refractivity (Wildman–Crippen MR) is 62.6 cm³/mol. The number of carboxylic acids is 1. The lowest BCUT2D eigenvalue weighted by Gasteiger charge is -2.30. The first-order valence-corrected chi connectivity index (χ1v) is 6.39. The standard InChI is InChI=1S/C12H20N2O3/c15-10(16)8-12(5-1-2-6-12)14-11(17)9-4-3-7-13-9/h9,13H,1-8H2,(H,14,17)(H,15,16)/t9-/m1/s1. The van der Waals surface area contributed by atoms with Gasteiger partial charge in [0, 0.05) is 0 Å². The summed E-state index contributed by atoms with van der Waals surface area (Å²) in [5.41, 5.74) is -0.493. The maximum Gasteiger partial charge on any atom is 0.305 e. The molecule has 5 nitrogen and oxygen atoms in total. The van der Waals surface area contributed by atoms with Gasteiger partial charge in [0.05, 0.1) is 18.0 Å². The molecule has 5 heteroatoms. The molecule has 0 aromatic rings. The van der Waals surface area contributed by atoms with Gasteiger partial charge in [0.25, 0.3) is 0 Å². The number of carboxylic acid groups (broad SMARTS) is 1. The van der Waals surface area contributed by atoms with Crippen LogP contribution in [0.3, 0.4) is 0 Å². The summed E-state index contributed by atoms with van der Waals surface area (Å²) in [6, 6.07) is -0.124. The average molecular weight is 240 g/mol. The molecule has 0 unspecified atom stereocenters. The van der Waals surface area contributed by atoms with E-state index >= 15 is 0 Å². The summed E-state index contributed by atoms with van der Waals surface area (Å²) in [6.45, 7) is 0.879. The van der Waals surface area contributed by atoms with Gasteiger partial charge in [-0.1, -0.05) is 12.8 Å². The van der Waals surface area contributed by atoms with Crippen LogP contribution in [0.2, 0.25) is 0 Å². The lowest BCUT2D eigenvalue weighted by atomic mass is 9.92. The van der Waals surface area contributed by atoms with Crippen molar-refractivity contribution in [2.75, 3.05) is 6.54 Å². The van der Waals surface area contributed by atoms with E-state index in [-0.39, 0.29) is 18.4 Å². The molecule has 1 aliphatic carbocycles. The molecule has 0 aromatic heterocycles. The molecule has 2 aliphatic rings. The Morgan fingerprint density at radius 3 is 2.53 bits per heavy atom. The molecule has 2 rings (SSSR count). The van der Waals surface area contributed by atoms with E-state index in [1.807, 2.05) is 0 Å². The molecular weight excluding hydrogens is 220 g/mol. The Balaban J connectivity index is 1.97. The zero-order valence-electron chi connectivity index (χ0n) is 10.00. The molecule has 2 fully saturated rings. The largest absolute Gasteiger partial charge is 0.481 e. The zero-order chi connectivity index (χ0) is 12.3. The highest BCUT2D eigenvalue weighted by atomic mass is 16.4. The van der Waals surface area contributed by atoms with Gasteiger partial charge < -0.3 is 15.7 Å². The lowest BCUT2D eigenvalue weighted by Crippen LogP contribution is -2.53. The highest BCUT2D eigenvalue weighted by Crippen LogP contribution is 2.32. The monoisotopic (exact) mass is 240 g/mol.